The van der Waals surface area contributed by atoms with Gasteiger partial charge in [-0.2, -0.15) is 0 Å². The lowest BCUT2D eigenvalue weighted by atomic mass is 10.1. The van der Waals surface area contributed by atoms with E-state index >= 15 is 0 Å². The zero-order valence-corrected chi connectivity index (χ0v) is 11.5. The van der Waals surface area contributed by atoms with E-state index in [1.807, 2.05) is 31.2 Å². The molecule has 1 aromatic heterocycles. The van der Waals surface area contributed by atoms with Gasteiger partial charge in [0.2, 0.25) is 0 Å². The zero-order valence-electron chi connectivity index (χ0n) is 10.7. The number of ether oxygens (including phenoxy) is 1. The average molecular weight is 262 g/mol. The van der Waals surface area contributed by atoms with Crippen molar-refractivity contribution >= 4 is 11.3 Å². The number of nitrogens with two attached hydrogens (primary N) is 1. The fourth-order valence-electron chi connectivity index (χ4n) is 1.67. The molecule has 0 fully saturated rings. The van der Waals surface area contributed by atoms with Gasteiger partial charge in [-0.15, -0.1) is 11.3 Å². The minimum Gasteiger partial charge on any atom is -0.497 e. The van der Waals surface area contributed by atoms with E-state index in [1.54, 1.807) is 18.4 Å². The third kappa shape index (κ3) is 3.31. The highest BCUT2D eigenvalue weighted by molar-refractivity contribution is 7.09. The van der Waals surface area contributed by atoms with Crippen molar-refractivity contribution in [1.29, 1.82) is 0 Å². The smallest absolute Gasteiger partial charge is 0.118 e. The highest BCUT2D eigenvalue weighted by Crippen LogP contribution is 2.24. The van der Waals surface area contributed by atoms with Crippen molar-refractivity contribution in [2.45, 2.75) is 25.8 Å². The van der Waals surface area contributed by atoms with Crippen molar-refractivity contribution in [2.75, 3.05) is 7.11 Å². The number of rotatable bonds is 5. The van der Waals surface area contributed by atoms with Gasteiger partial charge in [0.15, 0.2) is 0 Å². The number of nitrogens with zero attached hydrogens (tertiary/aromatic N) is 1. The summed E-state index contributed by atoms with van der Waals surface area (Å²) in [6.07, 6.45) is 1.94. The maximum absolute atomic E-state index is 5.75. The molecule has 0 aliphatic rings. The van der Waals surface area contributed by atoms with Gasteiger partial charge >= 0.3 is 0 Å². The lowest BCUT2D eigenvalue weighted by Gasteiger charge is -2.02. The Kier molecular flexibility index (Phi) is 4.33. The second kappa shape index (κ2) is 5.98. The standard InChI is InChI=1S/C14H18N2OS/c1-10(15)3-8-14-16-13(9-18-14)11-4-6-12(17-2)7-5-11/h4-7,9-10H,3,8,15H2,1-2H3. The largest absolute Gasteiger partial charge is 0.497 e. The molecule has 0 saturated heterocycles. The SMILES string of the molecule is COc1ccc(-c2csc(CCC(C)N)n2)cc1. The molecule has 1 atom stereocenters. The first kappa shape index (κ1) is 13.1. The molecule has 3 nitrogen and oxygen atoms in total. The van der Waals surface area contributed by atoms with Gasteiger partial charge in [0.05, 0.1) is 17.8 Å². The van der Waals surface area contributed by atoms with E-state index in [2.05, 4.69) is 10.4 Å². The number of aryl methyl sites for hydroxylation is 1. The first-order chi connectivity index (χ1) is 8.69. The summed E-state index contributed by atoms with van der Waals surface area (Å²) in [5.41, 5.74) is 7.91. The monoisotopic (exact) mass is 262 g/mol. The molecule has 1 unspecified atom stereocenters. The zero-order chi connectivity index (χ0) is 13.0. The van der Waals surface area contributed by atoms with Crippen molar-refractivity contribution in [3.63, 3.8) is 0 Å². The van der Waals surface area contributed by atoms with E-state index in [9.17, 15) is 0 Å². The van der Waals surface area contributed by atoms with Crippen LogP contribution in [0.4, 0.5) is 0 Å². The highest BCUT2D eigenvalue weighted by Gasteiger charge is 2.05. The van der Waals surface area contributed by atoms with Crippen LogP contribution in [0.1, 0.15) is 18.4 Å². The quantitative estimate of drug-likeness (QED) is 0.900. The van der Waals surface area contributed by atoms with E-state index in [0.717, 1.165) is 34.9 Å². The molecule has 2 N–H and O–H groups in total. The molecule has 0 aliphatic heterocycles. The molecular formula is C14H18N2OS. The molecule has 0 radical (unpaired) electrons. The summed E-state index contributed by atoms with van der Waals surface area (Å²) in [5.74, 6) is 0.867. The second-order valence-corrected chi connectivity index (χ2v) is 5.31. The van der Waals surface area contributed by atoms with E-state index in [4.69, 9.17) is 10.5 Å². The fraction of sp³-hybridized carbons (Fsp3) is 0.357. The molecule has 1 aromatic carbocycles. The van der Waals surface area contributed by atoms with Crippen molar-refractivity contribution < 1.29 is 4.74 Å². The third-order valence-electron chi connectivity index (χ3n) is 2.75. The van der Waals surface area contributed by atoms with Gasteiger partial charge in [-0.25, -0.2) is 4.98 Å². The Bertz CT molecular complexity index is 491. The number of thiazole rings is 1. The summed E-state index contributed by atoms with van der Waals surface area (Å²) >= 11 is 1.70. The van der Waals surface area contributed by atoms with Crippen LogP contribution in [0.25, 0.3) is 11.3 Å². The molecule has 0 spiro atoms. The molecule has 2 aromatic rings. The van der Waals surface area contributed by atoms with E-state index in [1.165, 1.54) is 0 Å². The van der Waals surface area contributed by atoms with Gasteiger partial charge in [-0.3, -0.25) is 0 Å². The number of hydrogen-bond acceptors (Lipinski definition) is 4. The summed E-state index contributed by atoms with van der Waals surface area (Å²) in [6, 6.07) is 8.21. The van der Waals surface area contributed by atoms with Crippen LogP contribution in [-0.4, -0.2) is 18.1 Å². The molecule has 0 amide bonds. The first-order valence-corrected chi connectivity index (χ1v) is 6.91. The summed E-state index contributed by atoms with van der Waals surface area (Å²) in [7, 11) is 1.67. The van der Waals surface area contributed by atoms with Crippen molar-refractivity contribution in [2.24, 2.45) is 5.73 Å². The minimum absolute atomic E-state index is 0.235. The van der Waals surface area contributed by atoms with E-state index in [0.29, 0.717) is 0 Å². The molecule has 2 rings (SSSR count). The van der Waals surface area contributed by atoms with Gasteiger partial charge in [0.1, 0.15) is 5.75 Å². The number of aromatic nitrogens is 1. The number of hydrogen-bond donors (Lipinski definition) is 1. The van der Waals surface area contributed by atoms with Gasteiger partial charge in [-0.05, 0) is 37.6 Å². The van der Waals surface area contributed by atoms with Crippen LogP contribution >= 0.6 is 11.3 Å². The van der Waals surface area contributed by atoms with Crippen LogP contribution in [0.5, 0.6) is 5.75 Å². The molecule has 0 saturated carbocycles. The predicted octanol–water partition coefficient (Wildman–Crippen LogP) is 3.10. The van der Waals surface area contributed by atoms with Gasteiger partial charge in [0.25, 0.3) is 0 Å². The maximum Gasteiger partial charge on any atom is 0.118 e. The van der Waals surface area contributed by atoms with Crippen molar-refractivity contribution in [3.8, 4) is 17.0 Å². The molecule has 4 heteroatoms. The van der Waals surface area contributed by atoms with Gasteiger partial charge in [0, 0.05) is 23.4 Å². The summed E-state index contributed by atoms with van der Waals surface area (Å²) in [5, 5.41) is 3.25. The Morgan fingerprint density at radius 2 is 2.06 bits per heavy atom. The van der Waals surface area contributed by atoms with Crippen LogP contribution < -0.4 is 10.5 Å². The van der Waals surface area contributed by atoms with Crippen LogP contribution in [0.3, 0.4) is 0 Å². The summed E-state index contributed by atoms with van der Waals surface area (Å²) in [6.45, 7) is 2.03. The fourth-order valence-corrected chi connectivity index (χ4v) is 2.49. The van der Waals surface area contributed by atoms with Gasteiger partial charge in [-0.1, -0.05) is 0 Å². The van der Waals surface area contributed by atoms with Gasteiger partial charge < -0.3 is 10.5 Å². The molecule has 0 bridgehead atoms. The van der Waals surface area contributed by atoms with Crippen molar-refractivity contribution in [3.05, 3.63) is 34.7 Å². The number of methoxy groups -OCH3 is 1. The predicted molar refractivity (Wildman–Crippen MR) is 76.1 cm³/mol. The normalized spacial score (nSPS) is 12.4. The van der Waals surface area contributed by atoms with E-state index < -0.39 is 0 Å². The maximum atomic E-state index is 5.75. The van der Waals surface area contributed by atoms with Crippen LogP contribution in [0, 0.1) is 0 Å². The molecule has 0 aliphatic carbocycles. The average Bonchev–Trinajstić information content (AvgIpc) is 2.85. The Hall–Kier alpha value is -1.39. The second-order valence-electron chi connectivity index (χ2n) is 4.37. The Morgan fingerprint density at radius 1 is 1.33 bits per heavy atom. The van der Waals surface area contributed by atoms with Crippen molar-refractivity contribution in [1.82, 2.24) is 4.98 Å². The molecule has 1 heterocycles. The lowest BCUT2D eigenvalue weighted by molar-refractivity contribution is 0.415. The molecular weight excluding hydrogens is 244 g/mol. The van der Waals surface area contributed by atoms with Crippen LogP contribution in [-0.2, 0) is 6.42 Å². The molecule has 18 heavy (non-hydrogen) atoms. The van der Waals surface area contributed by atoms with E-state index in [-0.39, 0.29) is 6.04 Å². The summed E-state index contributed by atoms with van der Waals surface area (Å²) < 4.78 is 5.14. The number of benzene rings is 1. The van der Waals surface area contributed by atoms with Crippen LogP contribution in [0.15, 0.2) is 29.6 Å². The highest BCUT2D eigenvalue weighted by atomic mass is 32.1. The minimum atomic E-state index is 0.235. The Morgan fingerprint density at radius 3 is 2.67 bits per heavy atom. The Balaban J connectivity index is 2.08. The lowest BCUT2D eigenvalue weighted by Crippen LogP contribution is -2.15. The topological polar surface area (TPSA) is 48.1 Å². The van der Waals surface area contributed by atoms with Crippen LogP contribution in [0.2, 0.25) is 0 Å². The Labute approximate surface area is 112 Å². The summed E-state index contributed by atoms with van der Waals surface area (Å²) in [4.78, 5) is 4.63. The first-order valence-electron chi connectivity index (χ1n) is 6.03. The third-order valence-corrected chi connectivity index (χ3v) is 3.66. The molecule has 96 valence electrons.